The van der Waals surface area contributed by atoms with Gasteiger partial charge < -0.3 is 5.11 Å². The summed E-state index contributed by atoms with van der Waals surface area (Å²) in [6.07, 6.45) is 4.39. The summed E-state index contributed by atoms with van der Waals surface area (Å²) in [5, 5.41) is 11.3. The maximum absolute atomic E-state index is 13.4. The Balaban J connectivity index is 2.34. The van der Waals surface area contributed by atoms with Crippen LogP contribution in [0.2, 0.25) is 0 Å². The van der Waals surface area contributed by atoms with Crippen molar-refractivity contribution in [1.82, 2.24) is 0 Å². The van der Waals surface area contributed by atoms with Crippen LogP contribution in [-0.4, -0.2) is 11.5 Å². The minimum Gasteiger partial charge on any atom is -0.384 e. The topological polar surface area (TPSA) is 20.2 Å². The molecule has 1 aliphatic rings. The first-order valence-corrected chi connectivity index (χ1v) is 8.60. The molecule has 1 aromatic carbocycles. The van der Waals surface area contributed by atoms with E-state index in [0.717, 1.165) is 44.9 Å². The molecule has 2 atom stereocenters. The molecule has 0 spiro atoms. The molecule has 0 aromatic heterocycles. The summed E-state index contributed by atoms with van der Waals surface area (Å²) in [6.45, 7) is 3.60. The fourth-order valence-electron chi connectivity index (χ4n) is 3.83. The molecule has 1 aliphatic carbocycles. The smallest absolute Gasteiger partial charge is 0.244 e. The second-order valence-corrected chi connectivity index (χ2v) is 6.73. The maximum Gasteiger partial charge on any atom is 0.244 e. The molecular formula is C19H28F2O. The lowest BCUT2D eigenvalue weighted by molar-refractivity contribution is -0.128. The Hall–Kier alpha value is -0.960. The van der Waals surface area contributed by atoms with Gasteiger partial charge >= 0.3 is 0 Å². The van der Waals surface area contributed by atoms with Crippen molar-refractivity contribution in [2.24, 2.45) is 11.8 Å². The number of aliphatic hydroxyl groups is 1. The van der Waals surface area contributed by atoms with E-state index < -0.39 is 17.9 Å². The van der Waals surface area contributed by atoms with E-state index in [0.29, 0.717) is 5.56 Å². The van der Waals surface area contributed by atoms with Gasteiger partial charge in [-0.05, 0) is 36.3 Å². The Bertz CT molecular complexity index is 451. The van der Waals surface area contributed by atoms with Gasteiger partial charge in [0, 0.05) is 0 Å². The third-order valence-corrected chi connectivity index (χ3v) is 5.25. The summed E-state index contributed by atoms with van der Waals surface area (Å²) in [6, 6.07) is 7.67. The van der Waals surface area contributed by atoms with Gasteiger partial charge in [-0.1, -0.05) is 63.8 Å². The van der Waals surface area contributed by atoms with Crippen LogP contribution < -0.4 is 0 Å². The summed E-state index contributed by atoms with van der Waals surface area (Å²) >= 11 is 0. The van der Waals surface area contributed by atoms with Crippen molar-refractivity contribution in [3.8, 4) is 0 Å². The second-order valence-electron chi connectivity index (χ2n) is 6.73. The highest BCUT2D eigenvalue weighted by atomic mass is 19.3. The molecule has 0 amide bonds. The van der Waals surface area contributed by atoms with Crippen molar-refractivity contribution < 1.29 is 13.9 Å². The van der Waals surface area contributed by atoms with Crippen molar-refractivity contribution in [1.29, 1.82) is 0 Å². The van der Waals surface area contributed by atoms with Gasteiger partial charge in [0.1, 0.15) is 5.60 Å². The summed E-state index contributed by atoms with van der Waals surface area (Å²) in [5.41, 5.74) is 0.438. The first kappa shape index (κ1) is 17.4. The molecule has 2 unspecified atom stereocenters. The van der Waals surface area contributed by atoms with Crippen molar-refractivity contribution in [3.05, 3.63) is 35.4 Å². The number of aryl methyl sites for hydroxylation is 1. The first-order chi connectivity index (χ1) is 10.5. The van der Waals surface area contributed by atoms with E-state index in [1.165, 1.54) is 12.5 Å². The fraction of sp³-hybridized carbons (Fsp3) is 0.684. The normalized spacial score (nSPS) is 20.8. The Morgan fingerprint density at radius 3 is 2.23 bits per heavy atom. The monoisotopic (exact) mass is 310 g/mol. The van der Waals surface area contributed by atoms with E-state index >= 15 is 0 Å². The van der Waals surface area contributed by atoms with Gasteiger partial charge in [0.05, 0.1) is 5.92 Å². The number of halogens is 2. The molecule has 22 heavy (non-hydrogen) atoms. The third kappa shape index (κ3) is 3.51. The molecular weight excluding hydrogens is 282 g/mol. The minimum atomic E-state index is -2.51. The van der Waals surface area contributed by atoms with E-state index in [9.17, 15) is 13.9 Å². The number of hydrogen-bond acceptors (Lipinski definition) is 1. The van der Waals surface area contributed by atoms with Gasteiger partial charge in [0.2, 0.25) is 6.43 Å². The summed E-state index contributed by atoms with van der Waals surface area (Å²) in [5.74, 6) is -1.12. The number of benzene rings is 1. The molecule has 124 valence electrons. The van der Waals surface area contributed by atoms with Crippen LogP contribution in [0.5, 0.6) is 0 Å². The molecule has 1 fully saturated rings. The maximum atomic E-state index is 13.4. The fourth-order valence-corrected chi connectivity index (χ4v) is 3.83. The Labute approximate surface area is 132 Å². The molecule has 1 saturated carbocycles. The molecule has 0 aliphatic heterocycles. The lowest BCUT2D eigenvalue weighted by Gasteiger charge is -2.43. The molecule has 0 radical (unpaired) electrons. The van der Waals surface area contributed by atoms with E-state index in [1.807, 2.05) is 24.3 Å². The molecule has 0 heterocycles. The predicted molar refractivity (Wildman–Crippen MR) is 86.1 cm³/mol. The Morgan fingerprint density at radius 2 is 1.73 bits per heavy atom. The lowest BCUT2D eigenvalue weighted by atomic mass is 9.67. The van der Waals surface area contributed by atoms with Crippen molar-refractivity contribution in [2.75, 3.05) is 0 Å². The van der Waals surface area contributed by atoms with Crippen molar-refractivity contribution >= 4 is 0 Å². The molecule has 0 bridgehead atoms. The Kier molecular flexibility index (Phi) is 5.96. The van der Waals surface area contributed by atoms with Crippen LogP contribution in [0.1, 0.15) is 63.5 Å². The van der Waals surface area contributed by atoms with Crippen molar-refractivity contribution in [3.63, 3.8) is 0 Å². The highest BCUT2D eigenvalue weighted by molar-refractivity contribution is 5.29. The highest BCUT2D eigenvalue weighted by Crippen LogP contribution is 2.46. The average Bonchev–Trinajstić information content (AvgIpc) is 2.55. The predicted octanol–water partition coefficient (Wildman–Crippen LogP) is 5.31. The van der Waals surface area contributed by atoms with Crippen LogP contribution >= 0.6 is 0 Å². The van der Waals surface area contributed by atoms with Gasteiger partial charge in [-0.3, -0.25) is 0 Å². The van der Waals surface area contributed by atoms with E-state index in [1.54, 1.807) is 0 Å². The molecule has 2 rings (SSSR count). The standard InChI is InChI=1S/C19H28F2O/c1-3-7-15-10-12-17(13-11-15)19(22,14(2)18(20)21)16-8-5-4-6-9-16/h10-14,16,18,22H,3-9H2,1-2H3. The summed E-state index contributed by atoms with van der Waals surface area (Å²) in [7, 11) is 0. The average molecular weight is 310 g/mol. The van der Waals surface area contributed by atoms with Gasteiger partial charge in [0.25, 0.3) is 0 Å². The van der Waals surface area contributed by atoms with E-state index in [4.69, 9.17) is 0 Å². The first-order valence-electron chi connectivity index (χ1n) is 8.60. The Morgan fingerprint density at radius 1 is 1.14 bits per heavy atom. The zero-order valence-corrected chi connectivity index (χ0v) is 13.7. The minimum absolute atomic E-state index is 0.0673. The van der Waals surface area contributed by atoms with E-state index in [2.05, 4.69) is 6.92 Å². The van der Waals surface area contributed by atoms with Crippen LogP contribution in [-0.2, 0) is 12.0 Å². The molecule has 1 aromatic rings. The van der Waals surface area contributed by atoms with Gasteiger partial charge in [-0.25, -0.2) is 8.78 Å². The van der Waals surface area contributed by atoms with Crippen LogP contribution in [0.25, 0.3) is 0 Å². The van der Waals surface area contributed by atoms with E-state index in [-0.39, 0.29) is 5.92 Å². The summed E-state index contributed by atoms with van der Waals surface area (Å²) < 4.78 is 26.8. The number of hydrogen-bond donors (Lipinski definition) is 1. The van der Waals surface area contributed by atoms with Crippen LogP contribution in [0.4, 0.5) is 8.78 Å². The highest BCUT2D eigenvalue weighted by Gasteiger charge is 2.46. The SMILES string of the molecule is CCCc1ccc(C(O)(C2CCCCC2)C(C)C(F)F)cc1. The van der Waals surface area contributed by atoms with Crippen LogP contribution in [0.15, 0.2) is 24.3 Å². The molecule has 1 N–H and O–H groups in total. The van der Waals surface area contributed by atoms with Crippen LogP contribution in [0.3, 0.4) is 0 Å². The number of rotatable bonds is 6. The number of alkyl halides is 2. The second kappa shape index (κ2) is 7.54. The van der Waals surface area contributed by atoms with Crippen LogP contribution in [0, 0.1) is 11.8 Å². The quantitative estimate of drug-likeness (QED) is 0.755. The van der Waals surface area contributed by atoms with Gasteiger partial charge in [-0.15, -0.1) is 0 Å². The third-order valence-electron chi connectivity index (χ3n) is 5.25. The molecule has 1 nitrogen and oxygen atoms in total. The lowest BCUT2D eigenvalue weighted by Crippen LogP contribution is -2.45. The van der Waals surface area contributed by atoms with Crippen molar-refractivity contribution in [2.45, 2.75) is 70.8 Å². The molecule has 3 heteroatoms. The zero-order valence-electron chi connectivity index (χ0n) is 13.7. The zero-order chi connectivity index (χ0) is 16.2. The van der Waals surface area contributed by atoms with Gasteiger partial charge in [0.15, 0.2) is 0 Å². The summed E-state index contributed by atoms with van der Waals surface area (Å²) in [4.78, 5) is 0. The molecule has 0 saturated heterocycles. The van der Waals surface area contributed by atoms with Gasteiger partial charge in [-0.2, -0.15) is 0 Å². The largest absolute Gasteiger partial charge is 0.384 e.